The lowest BCUT2D eigenvalue weighted by Gasteiger charge is -2.24. The van der Waals surface area contributed by atoms with Gasteiger partial charge < -0.3 is 10.1 Å². The highest BCUT2D eigenvalue weighted by Crippen LogP contribution is 2.28. The maximum Gasteiger partial charge on any atom is 0.162 e. The van der Waals surface area contributed by atoms with Crippen molar-refractivity contribution in [3.8, 4) is 0 Å². The van der Waals surface area contributed by atoms with E-state index < -0.39 is 5.60 Å². The van der Waals surface area contributed by atoms with Crippen LogP contribution in [0.15, 0.2) is 4.47 Å². The molecule has 0 saturated carbocycles. The Labute approximate surface area is 118 Å². The largest absolute Gasteiger partial charge is 0.369 e. The van der Waals surface area contributed by atoms with Crippen LogP contribution in [0.1, 0.15) is 45.6 Å². The molecule has 0 aliphatic rings. The number of hydrogen-bond acceptors (Lipinski definition) is 4. The van der Waals surface area contributed by atoms with Gasteiger partial charge in [-0.15, -0.1) is 0 Å². The summed E-state index contributed by atoms with van der Waals surface area (Å²) in [6, 6.07) is 0. The molecule has 0 unspecified atom stereocenters. The molecule has 1 heterocycles. The Kier molecular flexibility index (Phi) is 5.53. The third-order valence-corrected chi connectivity index (χ3v) is 3.55. The summed E-state index contributed by atoms with van der Waals surface area (Å²) in [5, 5.41) is 3.30. The molecule has 0 radical (unpaired) electrons. The monoisotopic (exact) mass is 315 g/mol. The van der Waals surface area contributed by atoms with Crippen molar-refractivity contribution in [2.75, 3.05) is 18.5 Å². The molecular weight excluding hydrogens is 294 g/mol. The summed E-state index contributed by atoms with van der Waals surface area (Å²) >= 11 is 3.52. The van der Waals surface area contributed by atoms with E-state index in [9.17, 15) is 0 Å². The molecule has 0 fully saturated rings. The molecule has 0 saturated heterocycles. The topological polar surface area (TPSA) is 47.0 Å². The molecule has 102 valence electrons. The third-order valence-electron chi connectivity index (χ3n) is 2.60. The first-order valence-corrected chi connectivity index (χ1v) is 7.14. The van der Waals surface area contributed by atoms with Gasteiger partial charge in [0.2, 0.25) is 0 Å². The first-order chi connectivity index (χ1) is 8.42. The van der Waals surface area contributed by atoms with E-state index >= 15 is 0 Å². The summed E-state index contributed by atoms with van der Waals surface area (Å²) in [5.74, 6) is 1.55. The molecular formula is C13H22BrN3O. The number of aryl methyl sites for hydroxylation is 1. The molecule has 0 aromatic carbocycles. The van der Waals surface area contributed by atoms with Gasteiger partial charge in [0, 0.05) is 13.2 Å². The molecule has 1 aromatic heterocycles. The summed E-state index contributed by atoms with van der Waals surface area (Å²) in [7, 11) is 0. The predicted molar refractivity (Wildman–Crippen MR) is 77.9 cm³/mol. The lowest BCUT2D eigenvalue weighted by molar-refractivity contribution is -0.0208. The van der Waals surface area contributed by atoms with E-state index in [4.69, 9.17) is 4.74 Å². The number of nitrogens with one attached hydrogen (secondary N) is 1. The number of rotatable bonds is 6. The SMILES string of the molecule is CCCNc1nc(C(C)(C)OCC)nc(C)c1Br. The maximum atomic E-state index is 5.70. The number of nitrogens with zero attached hydrogens (tertiary/aromatic N) is 2. The van der Waals surface area contributed by atoms with Gasteiger partial charge in [0.1, 0.15) is 11.4 Å². The molecule has 0 bridgehead atoms. The van der Waals surface area contributed by atoms with Gasteiger partial charge in [0.25, 0.3) is 0 Å². The maximum absolute atomic E-state index is 5.70. The van der Waals surface area contributed by atoms with Crippen LogP contribution < -0.4 is 5.32 Å². The van der Waals surface area contributed by atoms with Crippen molar-refractivity contribution in [1.82, 2.24) is 9.97 Å². The van der Waals surface area contributed by atoms with Crippen molar-refractivity contribution in [1.29, 1.82) is 0 Å². The van der Waals surface area contributed by atoms with E-state index in [-0.39, 0.29) is 0 Å². The number of aromatic nitrogens is 2. The molecule has 0 aliphatic heterocycles. The molecule has 1 N–H and O–H groups in total. The summed E-state index contributed by atoms with van der Waals surface area (Å²) < 4.78 is 6.62. The van der Waals surface area contributed by atoms with E-state index in [2.05, 4.69) is 38.1 Å². The standard InChI is InChI=1S/C13H22BrN3O/c1-6-8-15-11-10(14)9(3)16-12(17-11)13(4,5)18-7-2/h6-8H2,1-5H3,(H,15,16,17). The van der Waals surface area contributed by atoms with Gasteiger partial charge in [0.15, 0.2) is 5.82 Å². The first-order valence-electron chi connectivity index (χ1n) is 6.34. The minimum Gasteiger partial charge on any atom is -0.369 e. The van der Waals surface area contributed by atoms with E-state index in [1.54, 1.807) is 0 Å². The van der Waals surface area contributed by atoms with Gasteiger partial charge in [-0.25, -0.2) is 9.97 Å². The van der Waals surface area contributed by atoms with E-state index in [0.717, 1.165) is 29.0 Å². The van der Waals surface area contributed by atoms with Gasteiger partial charge in [-0.05, 0) is 50.0 Å². The van der Waals surface area contributed by atoms with Crippen LogP contribution in [0.5, 0.6) is 0 Å². The highest BCUT2D eigenvalue weighted by molar-refractivity contribution is 9.10. The Morgan fingerprint density at radius 1 is 1.28 bits per heavy atom. The second-order valence-electron chi connectivity index (χ2n) is 4.67. The van der Waals surface area contributed by atoms with Crippen molar-refractivity contribution in [2.24, 2.45) is 0 Å². The molecule has 5 heteroatoms. The fraction of sp³-hybridized carbons (Fsp3) is 0.692. The Bertz CT molecular complexity index is 407. The average molecular weight is 316 g/mol. The molecule has 1 rings (SSSR count). The zero-order valence-corrected chi connectivity index (χ0v) is 13.4. The van der Waals surface area contributed by atoms with Crippen molar-refractivity contribution < 1.29 is 4.74 Å². The van der Waals surface area contributed by atoms with Gasteiger partial charge >= 0.3 is 0 Å². The Morgan fingerprint density at radius 2 is 1.94 bits per heavy atom. The number of anilines is 1. The fourth-order valence-electron chi connectivity index (χ4n) is 1.61. The fourth-order valence-corrected chi connectivity index (χ4v) is 1.93. The predicted octanol–water partition coefficient (Wildman–Crippen LogP) is 3.64. The Hall–Kier alpha value is -0.680. The summed E-state index contributed by atoms with van der Waals surface area (Å²) in [4.78, 5) is 9.08. The van der Waals surface area contributed by atoms with Gasteiger partial charge in [-0.1, -0.05) is 6.92 Å². The van der Waals surface area contributed by atoms with Crippen LogP contribution in [0.4, 0.5) is 5.82 Å². The summed E-state index contributed by atoms with van der Waals surface area (Å²) in [6.07, 6.45) is 1.06. The first kappa shape index (κ1) is 15.4. The molecule has 0 amide bonds. The molecule has 1 aromatic rings. The van der Waals surface area contributed by atoms with Gasteiger partial charge in [-0.2, -0.15) is 0 Å². The highest BCUT2D eigenvalue weighted by atomic mass is 79.9. The second kappa shape index (κ2) is 6.48. The van der Waals surface area contributed by atoms with Crippen LogP contribution in [0.2, 0.25) is 0 Å². The summed E-state index contributed by atoms with van der Waals surface area (Å²) in [6.45, 7) is 11.6. The number of hydrogen-bond donors (Lipinski definition) is 1. The van der Waals surface area contributed by atoms with Crippen LogP contribution in [0.25, 0.3) is 0 Å². The quantitative estimate of drug-likeness (QED) is 0.870. The molecule has 4 nitrogen and oxygen atoms in total. The third kappa shape index (κ3) is 3.65. The van der Waals surface area contributed by atoms with Crippen LogP contribution in [0, 0.1) is 6.92 Å². The van der Waals surface area contributed by atoms with Gasteiger partial charge in [-0.3, -0.25) is 0 Å². The van der Waals surface area contributed by atoms with Crippen molar-refractivity contribution >= 4 is 21.7 Å². The van der Waals surface area contributed by atoms with Crippen LogP contribution in [0.3, 0.4) is 0 Å². The average Bonchev–Trinajstić information content (AvgIpc) is 2.30. The number of halogens is 1. The normalized spacial score (nSPS) is 11.7. The zero-order chi connectivity index (χ0) is 13.8. The van der Waals surface area contributed by atoms with E-state index in [1.807, 2.05) is 27.7 Å². The van der Waals surface area contributed by atoms with Crippen LogP contribution >= 0.6 is 15.9 Å². The molecule has 0 spiro atoms. The Morgan fingerprint density at radius 3 is 2.50 bits per heavy atom. The van der Waals surface area contributed by atoms with E-state index in [1.165, 1.54) is 0 Å². The van der Waals surface area contributed by atoms with Crippen molar-refractivity contribution in [3.63, 3.8) is 0 Å². The lowest BCUT2D eigenvalue weighted by Crippen LogP contribution is -2.26. The van der Waals surface area contributed by atoms with Crippen molar-refractivity contribution in [2.45, 2.75) is 46.6 Å². The molecule has 0 aliphatic carbocycles. The van der Waals surface area contributed by atoms with Crippen molar-refractivity contribution in [3.05, 3.63) is 16.0 Å². The van der Waals surface area contributed by atoms with Gasteiger partial charge in [0.05, 0.1) is 10.2 Å². The minimum absolute atomic E-state index is 0.469. The van der Waals surface area contributed by atoms with Crippen LogP contribution in [-0.4, -0.2) is 23.1 Å². The van der Waals surface area contributed by atoms with Crippen LogP contribution in [-0.2, 0) is 10.3 Å². The number of ether oxygens (including phenoxy) is 1. The smallest absolute Gasteiger partial charge is 0.162 e. The molecule has 0 atom stereocenters. The summed E-state index contributed by atoms with van der Waals surface area (Å²) in [5.41, 5.74) is 0.453. The Balaban J connectivity index is 3.11. The highest BCUT2D eigenvalue weighted by Gasteiger charge is 2.26. The second-order valence-corrected chi connectivity index (χ2v) is 5.46. The van der Waals surface area contributed by atoms with E-state index in [0.29, 0.717) is 12.4 Å². The minimum atomic E-state index is -0.469. The zero-order valence-electron chi connectivity index (χ0n) is 11.8. The lowest BCUT2D eigenvalue weighted by atomic mass is 10.1. The molecule has 18 heavy (non-hydrogen) atoms.